The lowest BCUT2D eigenvalue weighted by Gasteiger charge is -2.37. The summed E-state index contributed by atoms with van der Waals surface area (Å²) in [6, 6.07) is 13.2. The monoisotopic (exact) mass is 1140 g/mol. The second-order valence-corrected chi connectivity index (χ2v) is 23.4. The molecule has 3 aromatic carbocycles. The summed E-state index contributed by atoms with van der Waals surface area (Å²) in [5.41, 5.74) is 22.3. The van der Waals surface area contributed by atoms with Crippen LogP contribution in [0.5, 0.6) is 0 Å². The van der Waals surface area contributed by atoms with Crippen molar-refractivity contribution in [1.82, 2.24) is 42.1 Å². The van der Waals surface area contributed by atoms with Crippen LogP contribution in [0.3, 0.4) is 0 Å². The molecular weight excluding hydrogens is 1070 g/mol. The van der Waals surface area contributed by atoms with Crippen LogP contribution in [0.4, 0.5) is 0 Å². The van der Waals surface area contributed by atoms with Gasteiger partial charge in [-0.2, -0.15) is 0 Å². The Morgan fingerprint density at radius 3 is 2.09 bits per heavy atom. The Morgan fingerprint density at radius 1 is 0.725 bits per heavy atom. The number of primary amides is 2. The normalized spacial score (nSPS) is 22.8. The minimum Gasteiger partial charge on any atom is -0.370 e. The van der Waals surface area contributed by atoms with Crippen molar-refractivity contribution in [3.8, 4) is 0 Å². The first-order valence-electron chi connectivity index (χ1n) is 27.0. The third kappa shape index (κ3) is 17.5. The van der Waals surface area contributed by atoms with Crippen molar-refractivity contribution >= 4 is 97.4 Å². The zero-order valence-corrected chi connectivity index (χ0v) is 46.8. The fraction of sp³-hybridized carbons (Fsp3) is 0.509. The molecule has 0 unspecified atom stereocenters. The van der Waals surface area contributed by atoms with Crippen molar-refractivity contribution in [3.63, 3.8) is 0 Å². The minimum absolute atomic E-state index is 0.00713. The molecule has 1 saturated carbocycles. The Balaban J connectivity index is 1.35. The van der Waals surface area contributed by atoms with Gasteiger partial charge in [0, 0.05) is 37.4 Å². The van der Waals surface area contributed by atoms with Crippen molar-refractivity contribution in [2.45, 2.75) is 133 Å². The number of hydrogen-bond donors (Lipinski definition) is 11. The van der Waals surface area contributed by atoms with E-state index in [9.17, 15) is 43.2 Å². The second-order valence-electron chi connectivity index (χ2n) is 20.9. The maximum Gasteiger partial charge on any atom is 0.246 e. The Kier molecular flexibility index (Phi) is 22.9. The number of amides is 10. The molecule has 7 atom stereocenters. The number of likely N-dealkylation sites (tertiary alicyclic amines) is 1. The molecule has 0 radical (unpaired) electrons. The summed E-state index contributed by atoms with van der Waals surface area (Å²) in [6.07, 6.45) is 3.47. The van der Waals surface area contributed by atoms with Crippen molar-refractivity contribution in [2.24, 2.45) is 39.3 Å². The van der Waals surface area contributed by atoms with E-state index in [0.717, 1.165) is 35.6 Å². The van der Waals surface area contributed by atoms with Crippen LogP contribution < -0.4 is 60.2 Å². The summed E-state index contributed by atoms with van der Waals surface area (Å²) < 4.78 is 0. The first kappa shape index (κ1) is 61.8. The molecule has 3 aliphatic rings. The number of carbonyl (C=O) groups is 10. The quantitative estimate of drug-likeness (QED) is 0.0369. The number of carbonyl (C=O) groups excluding carboxylic acids is 10. The fourth-order valence-electron chi connectivity index (χ4n) is 10.2. The van der Waals surface area contributed by atoms with Crippen molar-refractivity contribution in [3.05, 3.63) is 83.9 Å². The van der Waals surface area contributed by atoms with Gasteiger partial charge in [-0.05, 0) is 66.3 Å². The van der Waals surface area contributed by atoms with Gasteiger partial charge in [0.2, 0.25) is 59.1 Å². The van der Waals surface area contributed by atoms with Gasteiger partial charge in [0.25, 0.3) is 0 Å². The van der Waals surface area contributed by atoms with Gasteiger partial charge >= 0.3 is 0 Å². The Labute approximate surface area is 473 Å². The smallest absolute Gasteiger partial charge is 0.246 e. The number of rotatable bonds is 17. The topological polar surface area (TPSA) is 375 Å². The van der Waals surface area contributed by atoms with E-state index in [-0.39, 0.29) is 68.6 Å². The predicted molar refractivity (Wildman–Crippen MR) is 305 cm³/mol. The summed E-state index contributed by atoms with van der Waals surface area (Å²) in [5, 5.41) is 21.0. The SMILES string of the molecule is CC(C)[C@@H]1NC(=O)[C@H](Cc2ccccc2)NC(=O)[C@@H](Cc2cccc3ccccc23)NC(=O)C2(CCCCC2)CSSC[C@@H](C(=O)N2CCC[C@H]2C(=O)N[C@@H](CCCN=C(N)N)C(=O)NCC(N)=O)NC(=O)[C@H](CC(N)=O)NC1=O. The molecule has 15 N–H and O–H groups in total. The summed E-state index contributed by atoms with van der Waals surface area (Å²) in [5.74, 6) is -8.15. The highest BCUT2D eigenvalue weighted by atomic mass is 33.1. The highest BCUT2D eigenvalue weighted by Crippen LogP contribution is 2.42. The third-order valence-electron chi connectivity index (χ3n) is 14.5. The average molecular weight is 1140 g/mol. The van der Waals surface area contributed by atoms with Crippen LogP contribution in [-0.4, -0.2) is 143 Å². The second kappa shape index (κ2) is 29.7. The van der Waals surface area contributed by atoms with Crippen molar-refractivity contribution in [2.75, 3.05) is 31.1 Å². The maximum atomic E-state index is 15.1. The molecule has 23 nitrogen and oxygen atoms in total. The van der Waals surface area contributed by atoms with Crippen LogP contribution in [0.15, 0.2) is 77.8 Å². The van der Waals surface area contributed by atoms with Crippen molar-refractivity contribution in [1.29, 1.82) is 0 Å². The first-order chi connectivity index (χ1) is 38.2. The Morgan fingerprint density at radius 2 is 1.39 bits per heavy atom. The molecule has 80 heavy (non-hydrogen) atoms. The van der Waals surface area contributed by atoms with Gasteiger partial charge in [0.05, 0.1) is 18.4 Å². The van der Waals surface area contributed by atoms with E-state index in [1.807, 2.05) is 42.5 Å². The number of fused-ring (bicyclic) bond motifs is 1. The lowest BCUT2D eigenvalue weighted by molar-refractivity contribution is -0.142. The van der Waals surface area contributed by atoms with E-state index in [0.29, 0.717) is 24.8 Å². The number of hydrogen-bond acceptors (Lipinski definition) is 13. The van der Waals surface area contributed by atoms with E-state index in [2.05, 4.69) is 42.2 Å². The average Bonchev–Trinajstić information content (AvgIpc) is 3.94. The number of nitrogens with one attached hydrogen (secondary N) is 7. The Bertz CT molecular complexity index is 2750. The largest absolute Gasteiger partial charge is 0.370 e. The van der Waals surface area contributed by atoms with Crippen LogP contribution in [0.1, 0.15) is 89.2 Å². The molecule has 1 aliphatic carbocycles. The van der Waals surface area contributed by atoms with Gasteiger partial charge in [-0.15, -0.1) is 0 Å². The van der Waals surface area contributed by atoms with Crippen LogP contribution in [0.2, 0.25) is 0 Å². The molecular formula is C55H75N13O10S2. The van der Waals surface area contributed by atoms with Gasteiger partial charge in [-0.3, -0.25) is 52.9 Å². The van der Waals surface area contributed by atoms with E-state index in [1.54, 1.807) is 44.2 Å². The minimum atomic E-state index is -1.66. The first-order valence-corrected chi connectivity index (χ1v) is 29.5. The molecule has 432 valence electrons. The summed E-state index contributed by atoms with van der Waals surface area (Å²) in [7, 11) is 2.48. The lowest BCUT2D eigenvalue weighted by atomic mass is 9.74. The van der Waals surface area contributed by atoms with Crippen LogP contribution >= 0.6 is 21.6 Å². The predicted octanol–water partition coefficient (Wildman–Crippen LogP) is 0.0568. The lowest BCUT2D eigenvalue weighted by Crippen LogP contribution is -2.62. The molecule has 25 heteroatoms. The summed E-state index contributed by atoms with van der Waals surface area (Å²) >= 11 is 0. The number of nitrogens with two attached hydrogens (primary N) is 4. The molecule has 1 spiro atoms. The molecule has 2 saturated heterocycles. The highest BCUT2D eigenvalue weighted by molar-refractivity contribution is 8.76. The molecule has 2 aliphatic heterocycles. The summed E-state index contributed by atoms with van der Waals surface area (Å²) in [4.78, 5) is 145. The summed E-state index contributed by atoms with van der Waals surface area (Å²) in [6.45, 7) is 3.00. The van der Waals surface area contributed by atoms with Crippen LogP contribution in [0, 0.1) is 11.3 Å². The molecule has 0 aromatic heterocycles. The Hall–Kier alpha value is -7.41. The fourth-order valence-corrected chi connectivity index (χ4v) is 13.0. The number of benzene rings is 3. The molecule has 0 bridgehead atoms. The van der Waals surface area contributed by atoms with Gasteiger partial charge in [-0.25, -0.2) is 0 Å². The highest BCUT2D eigenvalue weighted by Gasteiger charge is 2.44. The van der Waals surface area contributed by atoms with E-state index < -0.39 is 120 Å². The zero-order valence-electron chi connectivity index (χ0n) is 45.2. The van der Waals surface area contributed by atoms with Crippen LogP contribution in [-0.2, 0) is 60.8 Å². The van der Waals surface area contributed by atoms with Crippen LogP contribution in [0.25, 0.3) is 10.8 Å². The third-order valence-corrected chi connectivity index (χ3v) is 17.1. The van der Waals surface area contributed by atoms with Gasteiger partial charge in [0.1, 0.15) is 42.3 Å². The van der Waals surface area contributed by atoms with Gasteiger partial charge in [-0.1, -0.05) is 127 Å². The van der Waals surface area contributed by atoms with Gasteiger partial charge in [0.15, 0.2) is 5.96 Å². The maximum absolute atomic E-state index is 15.1. The van der Waals surface area contributed by atoms with E-state index in [1.165, 1.54) is 26.5 Å². The number of aliphatic imine (C=N–C) groups is 1. The number of nitrogens with zero attached hydrogens (tertiary/aromatic N) is 2. The van der Waals surface area contributed by atoms with E-state index >= 15 is 4.79 Å². The van der Waals surface area contributed by atoms with Crippen molar-refractivity contribution < 1.29 is 47.9 Å². The standard InChI is InChI=1S/C55H75N13O10S2/c1-32(2)45-51(76)64-40(28-43(56)69)48(73)65-41(52(77)68-25-13-21-42(68)50(75)62-37(20-12-24-60-54(58)59)46(71)61-29-44(57)70)30-79-80-31-55(22-9-4-10-23-55)53(78)66-39(27-35-18-11-17-34-16-7-8-19-36(34)35)47(72)63-38(49(74)67-45)26-33-14-5-3-6-15-33/h3,5-8,11,14-19,32,37-42,45H,4,9-10,12-13,20-31H2,1-2H3,(H2,56,69)(H2,57,70)(H,61,71)(H,62,75)(H,63,72)(H,64,76)(H,65,73)(H,66,78)(H,67,74)(H4,58,59,60)/t37-,38-,39+,40-,41-,42-,45-/m0/s1. The molecule has 10 amide bonds. The molecule has 3 aromatic rings. The number of guanidine groups is 1. The molecule has 2 heterocycles. The molecule has 6 rings (SSSR count). The van der Waals surface area contributed by atoms with E-state index in [4.69, 9.17) is 22.9 Å². The molecule has 3 fully saturated rings. The zero-order chi connectivity index (χ0) is 57.9. The van der Waals surface area contributed by atoms with Gasteiger partial charge < -0.3 is 65.1 Å².